The normalized spacial score (nSPS) is 11.4. The van der Waals surface area contributed by atoms with Crippen LogP contribution >= 0.6 is 0 Å². The molecule has 0 saturated carbocycles. The predicted octanol–water partition coefficient (Wildman–Crippen LogP) is 2.79. The van der Waals surface area contributed by atoms with Crippen LogP contribution in [-0.2, 0) is 11.3 Å². The number of rotatable bonds is 7. The van der Waals surface area contributed by atoms with Crippen molar-refractivity contribution in [1.29, 1.82) is 0 Å². The number of methoxy groups -OCH3 is 2. The molecule has 0 aliphatic carbocycles. The Morgan fingerprint density at radius 1 is 1.04 bits per heavy atom. The molecular weight excluding hydrogens is 294 g/mol. The van der Waals surface area contributed by atoms with Gasteiger partial charge in [-0.1, -0.05) is 24.3 Å². The molecule has 0 unspecified atom stereocenters. The van der Waals surface area contributed by atoms with Gasteiger partial charge in [-0.25, -0.2) is 0 Å². The van der Waals surface area contributed by atoms with Crippen LogP contribution < -0.4 is 19.5 Å². The van der Waals surface area contributed by atoms with E-state index in [-0.39, 0.29) is 5.91 Å². The minimum atomic E-state index is -0.572. The van der Waals surface area contributed by atoms with Crippen LogP contribution in [0.5, 0.6) is 17.2 Å². The number of hydrogen-bond donors (Lipinski definition) is 1. The van der Waals surface area contributed by atoms with Crippen LogP contribution in [0.1, 0.15) is 12.5 Å². The third-order valence-corrected chi connectivity index (χ3v) is 3.34. The van der Waals surface area contributed by atoms with Gasteiger partial charge in [0.25, 0.3) is 5.91 Å². The molecule has 2 aromatic carbocycles. The minimum absolute atomic E-state index is 0.177. The van der Waals surface area contributed by atoms with Gasteiger partial charge in [0.2, 0.25) is 0 Å². The molecule has 1 amide bonds. The van der Waals surface area contributed by atoms with Crippen LogP contribution in [0.15, 0.2) is 48.5 Å². The fourth-order valence-corrected chi connectivity index (χ4v) is 2.08. The molecule has 0 fully saturated rings. The van der Waals surface area contributed by atoms with E-state index < -0.39 is 6.10 Å². The summed E-state index contributed by atoms with van der Waals surface area (Å²) in [6.07, 6.45) is -0.572. The highest BCUT2D eigenvalue weighted by Gasteiger charge is 2.14. The van der Waals surface area contributed by atoms with E-state index >= 15 is 0 Å². The van der Waals surface area contributed by atoms with Crippen LogP contribution in [0.4, 0.5) is 0 Å². The van der Waals surface area contributed by atoms with Gasteiger partial charge < -0.3 is 19.5 Å². The number of carbonyl (C=O) groups is 1. The van der Waals surface area contributed by atoms with Crippen LogP contribution in [0.2, 0.25) is 0 Å². The van der Waals surface area contributed by atoms with Gasteiger partial charge in [0.1, 0.15) is 5.75 Å². The predicted molar refractivity (Wildman–Crippen MR) is 87.9 cm³/mol. The van der Waals surface area contributed by atoms with Crippen LogP contribution in [0.3, 0.4) is 0 Å². The number of benzene rings is 2. The Bertz CT molecular complexity index is 643. The molecule has 1 N–H and O–H groups in total. The third kappa shape index (κ3) is 4.64. The molecule has 0 bridgehead atoms. The second-order valence-electron chi connectivity index (χ2n) is 4.98. The molecule has 0 saturated heterocycles. The second-order valence-corrected chi connectivity index (χ2v) is 4.98. The molecule has 5 heteroatoms. The van der Waals surface area contributed by atoms with Gasteiger partial charge in [0, 0.05) is 6.54 Å². The maximum Gasteiger partial charge on any atom is 0.261 e. The largest absolute Gasteiger partial charge is 0.493 e. The number of nitrogens with one attached hydrogen (secondary N) is 1. The molecule has 23 heavy (non-hydrogen) atoms. The summed E-state index contributed by atoms with van der Waals surface area (Å²) >= 11 is 0. The molecule has 0 spiro atoms. The Kier molecular flexibility index (Phi) is 5.86. The van der Waals surface area contributed by atoms with Crippen LogP contribution in [0.25, 0.3) is 0 Å². The number of amides is 1. The van der Waals surface area contributed by atoms with Gasteiger partial charge in [-0.15, -0.1) is 0 Å². The van der Waals surface area contributed by atoms with Crippen LogP contribution in [-0.4, -0.2) is 26.2 Å². The van der Waals surface area contributed by atoms with E-state index in [1.165, 1.54) is 0 Å². The Morgan fingerprint density at radius 2 is 1.74 bits per heavy atom. The molecule has 122 valence electrons. The third-order valence-electron chi connectivity index (χ3n) is 3.34. The lowest BCUT2D eigenvalue weighted by molar-refractivity contribution is -0.127. The van der Waals surface area contributed by atoms with Gasteiger partial charge in [-0.3, -0.25) is 4.79 Å². The maximum absolute atomic E-state index is 12.1. The molecule has 5 nitrogen and oxygen atoms in total. The number of para-hydroxylation sites is 1. The lowest BCUT2D eigenvalue weighted by Crippen LogP contribution is -2.35. The topological polar surface area (TPSA) is 56.8 Å². The highest BCUT2D eigenvalue weighted by atomic mass is 16.5. The summed E-state index contributed by atoms with van der Waals surface area (Å²) in [5.41, 5.74) is 0.919. The van der Waals surface area contributed by atoms with E-state index in [1.807, 2.05) is 48.5 Å². The summed E-state index contributed by atoms with van der Waals surface area (Å²) in [5, 5.41) is 2.85. The van der Waals surface area contributed by atoms with Gasteiger partial charge >= 0.3 is 0 Å². The van der Waals surface area contributed by atoms with E-state index in [0.29, 0.717) is 23.8 Å². The Morgan fingerprint density at radius 3 is 2.39 bits per heavy atom. The quantitative estimate of drug-likeness (QED) is 0.853. The van der Waals surface area contributed by atoms with Gasteiger partial charge in [0.05, 0.1) is 14.2 Å². The summed E-state index contributed by atoms with van der Waals surface area (Å²) in [7, 11) is 3.16. The first-order chi connectivity index (χ1) is 11.1. The lowest BCUT2D eigenvalue weighted by Gasteiger charge is -2.15. The smallest absolute Gasteiger partial charge is 0.261 e. The fourth-order valence-electron chi connectivity index (χ4n) is 2.08. The van der Waals surface area contributed by atoms with Crippen molar-refractivity contribution in [3.63, 3.8) is 0 Å². The average molecular weight is 315 g/mol. The van der Waals surface area contributed by atoms with Crippen molar-refractivity contribution in [2.24, 2.45) is 0 Å². The van der Waals surface area contributed by atoms with Crippen molar-refractivity contribution in [3.05, 3.63) is 54.1 Å². The molecule has 0 radical (unpaired) electrons. The fraction of sp³-hybridized carbons (Fsp3) is 0.278. The highest BCUT2D eigenvalue weighted by molar-refractivity contribution is 5.80. The Hall–Kier alpha value is -2.69. The molecule has 1 atom stereocenters. The van der Waals surface area contributed by atoms with Gasteiger partial charge in [-0.05, 0) is 36.8 Å². The average Bonchev–Trinajstić information content (AvgIpc) is 2.60. The van der Waals surface area contributed by atoms with Crippen molar-refractivity contribution in [2.75, 3.05) is 14.2 Å². The number of carbonyl (C=O) groups excluding carboxylic acids is 1. The van der Waals surface area contributed by atoms with Crippen molar-refractivity contribution < 1.29 is 19.0 Å². The SMILES string of the molecule is COc1ccc(CNC(=O)[C@@H](C)Oc2ccccc2)cc1OC. The molecule has 2 rings (SSSR count). The molecule has 2 aromatic rings. The first-order valence-electron chi connectivity index (χ1n) is 7.34. The summed E-state index contributed by atoms with van der Waals surface area (Å²) < 4.78 is 16.0. The van der Waals surface area contributed by atoms with E-state index in [4.69, 9.17) is 14.2 Å². The van der Waals surface area contributed by atoms with E-state index in [0.717, 1.165) is 5.56 Å². The molecule has 0 heterocycles. The first kappa shape index (κ1) is 16.7. The Labute approximate surface area is 136 Å². The summed E-state index contributed by atoms with van der Waals surface area (Å²) in [6, 6.07) is 14.8. The van der Waals surface area contributed by atoms with E-state index in [9.17, 15) is 4.79 Å². The molecule has 0 aliphatic heterocycles. The number of hydrogen-bond acceptors (Lipinski definition) is 4. The van der Waals surface area contributed by atoms with Crippen molar-refractivity contribution in [2.45, 2.75) is 19.6 Å². The van der Waals surface area contributed by atoms with Gasteiger partial charge in [-0.2, -0.15) is 0 Å². The van der Waals surface area contributed by atoms with E-state index in [1.54, 1.807) is 21.1 Å². The summed E-state index contributed by atoms with van der Waals surface area (Å²) in [4.78, 5) is 12.1. The lowest BCUT2D eigenvalue weighted by atomic mass is 10.2. The zero-order valence-corrected chi connectivity index (χ0v) is 13.5. The second kappa shape index (κ2) is 8.08. The minimum Gasteiger partial charge on any atom is -0.493 e. The maximum atomic E-state index is 12.1. The monoisotopic (exact) mass is 315 g/mol. The highest BCUT2D eigenvalue weighted by Crippen LogP contribution is 2.27. The van der Waals surface area contributed by atoms with Crippen molar-refractivity contribution in [1.82, 2.24) is 5.32 Å². The van der Waals surface area contributed by atoms with Crippen molar-refractivity contribution in [3.8, 4) is 17.2 Å². The molecule has 0 aromatic heterocycles. The number of ether oxygens (including phenoxy) is 3. The van der Waals surface area contributed by atoms with Crippen molar-refractivity contribution >= 4 is 5.91 Å². The summed E-state index contributed by atoms with van der Waals surface area (Å²) in [5.74, 6) is 1.78. The van der Waals surface area contributed by atoms with E-state index in [2.05, 4.69) is 5.32 Å². The zero-order chi connectivity index (χ0) is 16.7. The molecule has 0 aliphatic rings. The summed E-state index contributed by atoms with van der Waals surface area (Å²) in [6.45, 7) is 2.11. The Balaban J connectivity index is 1.91. The van der Waals surface area contributed by atoms with Gasteiger partial charge in [0.15, 0.2) is 17.6 Å². The van der Waals surface area contributed by atoms with Crippen LogP contribution in [0, 0.1) is 0 Å². The standard InChI is InChI=1S/C18H21NO4/c1-13(23-15-7-5-4-6-8-15)18(20)19-12-14-9-10-16(21-2)17(11-14)22-3/h4-11,13H,12H2,1-3H3,(H,19,20)/t13-/m1/s1. The molecular formula is C18H21NO4. The zero-order valence-electron chi connectivity index (χ0n) is 13.5. The first-order valence-corrected chi connectivity index (χ1v) is 7.34.